The summed E-state index contributed by atoms with van der Waals surface area (Å²) in [5, 5.41) is 0. The molecule has 214 valence electrons. The SMILES string of the molecule is CCc1c(CC)c2cc3c(CC)c(CC)c4cc5c(CC)c(CC)c6cc7c(CC)c(CC)c(cc1n2[pH]n65)n7n34. The van der Waals surface area contributed by atoms with Gasteiger partial charge in [-0.2, -0.15) is 0 Å². The molecule has 41 heavy (non-hydrogen) atoms. The molecule has 0 spiro atoms. The Bertz CT molecular complexity index is 1840. The normalized spacial score (nSPS) is 12.7. The first-order valence-corrected chi connectivity index (χ1v) is 17.1. The van der Waals surface area contributed by atoms with E-state index < -0.39 is 0 Å². The van der Waals surface area contributed by atoms with Gasteiger partial charge in [0.1, 0.15) is 0 Å². The number of aromatic nitrogens is 4. The highest BCUT2D eigenvalue weighted by Gasteiger charge is 2.24. The molecule has 8 heterocycles. The minimum Gasteiger partial charge on any atom is -0.289 e. The van der Waals surface area contributed by atoms with Gasteiger partial charge >= 0.3 is 0 Å². The third-order valence-corrected chi connectivity index (χ3v) is 11.5. The van der Waals surface area contributed by atoms with Crippen LogP contribution in [-0.4, -0.2) is 17.4 Å². The zero-order chi connectivity index (χ0) is 28.7. The van der Waals surface area contributed by atoms with E-state index in [0.717, 1.165) is 51.4 Å². The zero-order valence-corrected chi connectivity index (χ0v) is 27.3. The number of aryl methyl sites for hydroxylation is 8. The first kappa shape index (κ1) is 26.8. The molecule has 5 heteroatoms. The highest BCUT2D eigenvalue weighted by atomic mass is 31.1. The second-order valence-electron chi connectivity index (χ2n) is 11.7. The first-order valence-electron chi connectivity index (χ1n) is 16.2. The van der Waals surface area contributed by atoms with Crippen molar-refractivity contribution >= 4 is 52.6 Å². The fourth-order valence-corrected chi connectivity index (χ4v) is 9.86. The van der Waals surface area contributed by atoms with Gasteiger partial charge in [-0.25, -0.2) is 9.03 Å². The molecule has 0 aliphatic heterocycles. The van der Waals surface area contributed by atoms with Crippen molar-refractivity contribution in [2.75, 3.05) is 0 Å². The summed E-state index contributed by atoms with van der Waals surface area (Å²) in [5.74, 6) is 0. The monoisotopic (exact) mass is 564 g/mol. The molecule has 0 aromatic carbocycles. The van der Waals surface area contributed by atoms with Crippen LogP contribution in [0.5, 0.6) is 0 Å². The Labute approximate surface area is 245 Å². The lowest BCUT2D eigenvalue weighted by atomic mass is 10.0. The third-order valence-electron chi connectivity index (χ3n) is 10.1. The average Bonchev–Trinajstić information content (AvgIpc) is 3.64. The van der Waals surface area contributed by atoms with Crippen LogP contribution in [0.1, 0.15) is 99.9 Å². The summed E-state index contributed by atoms with van der Waals surface area (Å²) in [4.78, 5) is 0. The van der Waals surface area contributed by atoms with Crippen LogP contribution in [0.3, 0.4) is 0 Å². The van der Waals surface area contributed by atoms with E-state index in [1.807, 2.05) is 0 Å². The number of rotatable bonds is 8. The van der Waals surface area contributed by atoms with Crippen molar-refractivity contribution in [2.24, 2.45) is 0 Å². The van der Waals surface area contributed by atoms with Crippen LogP contribution in [0.15, 0.2) is 24.3 Å². The molecule has 0 amide bonds. The molecule has 8 aromatic rings. The summed E-state index contributed by atoms with van der Waals surface area (Å²) in [7, 11) is 0.495. The summed E-state index contributed by atoms with van der Waals surface area (Å²) in [6.07, 6.45) is 8.37. The quantitative estimate of drug-likeness (QED) is 0.175. The van der Waals surface area contributed by atoms with Crippen LogP contribution in [0.4, 0.5) is 0 Å². The van der Waals surface area contributed by atoms with Gasteiger partial charge in [-0.15, -0.1) is 0 Å². The summed E-state index contributed by atoms with van der Waals surface area (Å²) >= 11 is 0. The van der Waals surface area contributed by atoms with Crippen LogP contribution in [0.2, 0.25) is 0 Å². The maximum absolute atomic E-state index is 2.71. The van der Waals surface area contributed by atoms with Gasteiger partial charge in [0.2, 0.25) is 0 Å². The molecule has 0 aliphatic carbocycles. The van der Waals surface area contributed by atoms with Gasteiger partial charge in [0.05, 0.1) is 44.1 Å². The first-order chi connectivity index (χ1) is 20.0. The topological polar surface area (TPSA) is 17.6 Å². The van der Waals surface area contributed by atoms with Crippen LogP contribution in [-0.2, 0) is 51.4 Å². The number of hydrogen-bond donors (Lipinski definition) is 0. The molecule has 4 nitrogen and oxygen atoms in total. The predicted molar refractivity (Wildman–Crippen MR) is 180 cm³/mol. The van der Waals surface area contributed by atoms with Crippen molar-refractivity contribution in [1.82, 2.24) is 17.4 Å². The van der Waals surface area contributed by atoms with Gasteiger partial charge in [-0.1, -0.05) is 55.4 Å². The second kappa shape index (κ2) is 9.73. The maximum atomic E-state index is 2.71. The van der Waals surface area contributed by atoms with Gasteiger partial charge < -0.3 is 0 Å². The van der Waals surface area contributed by atoms with Crippen molar-refractivity contribution in [1.29, 1.82) is 0 Å². The van der Waals surface area contributed by atoms with Crippen molar-refractivity contribution in [2.45, 2.75) is 107 Å². The molecule has 0 atom stereocenters. The van der Waals surface area contributed by atoms with Gasteiger partial charge in [-0.3, -0.25) is 8.33 Å². The molecule has 0 saturated carbocycles. The highest BCUT2D eigenvalue weighted by molar-refractivity contribution is 7.22. The van der Waals surface area contributed by atoms with E-state index in [1.54, 1.807) is 0 Å². The summed E-state index contributed by atoms with van der Waals surface area (Å²) in [6.45, 7) is 18.8. The lowest BCUT2D eigenvalue weighted by molar-refractivity contribution is 0.917. The second-order valence-corrected chi connectivity index (χ2v) is 12.8. The van der Waals surface area contributed by atoms with Crippen molar-refractivity contribution in [3.05, 3.63) is 68.8 Å². The molecular formula is C36H45N4P. The minimum atomic E-state index is 0.495. The van der Waals surface area contributed by atoms with Crippen LogP contribution >= 0.6 is 8.51 Å². The van der Waals surface area contributed by atoms with Crippen LogP contribution in [0, 0.1) is 0 Å². The lowest BCUT2D eigenvalue weighted by Crippen LogP contribution is -1.99. The van der Waals surface area contributed by atoms with Gasteiger partial charge in [0, 0.05) is 8.51 Å². The van der Waals surface area contributed by atoms with E-state index in [0.29, 0.717) is 8.51 Å². The van der Waals surface area contributed by atoms with E-state index in [4.69, 9.17) is 0 Å². The van der Waals surface area contributed by atoms with Gasteiger partial charge in [0.15, 0.2) is 0 Å². The molecule has 0 aliphatic rings. The van der Waals surface area contributed by atoms with Crippen LogP contribution < -0.4 is 0 Å². The lowest BCUT2D eigenvalue weighted by Gasteiger charge is -2.06. The maximum Gasteiger partial charge on any atom is 0.0693 e. The predicted octanol–water partition coefficient (Wildman–Crippen LogP) is 9.53. The summed E-state index contributed by atoms with van der Waals surface area (Å²) < 4.78 is 10.7. The molecule has 0 fully saturated rings. The largest absolute Gasteiger partial charge is 0.289 e. The Kier molecular flexibility index (Phi) is 6.36. The molecule has 0 N–H and O–H groups in total. The third kappa shape index (κ3) is 3.29. The Morgan fingerprint density at radius 3 is 0.732 bits per heavy atom. The van der Waals surface area contributed by atoms with Crippen LogP contribution in [0.25, 0.3) is 44.1 Å². The molecule has 0 unspecified atom stereocenters. The van der Waals surface area contributed by atoms with Crippen molar-refractivity contribution in [3.63, 3.8) is 0 Å². The standard InChI is InChI=1S/C36H45N4P/c1-9-21-22(10-2)30-18-34-27(15-7)28(16-8)36-20-32-24(12-4)23(11-3)31-19-35-26(14-6)25(13-5)33(39(35)41-40(34)36)17-29(21)37(30)38(31)32/h17-20,41H,9-16H2,1-8H3. The van der Waals surface area contributed by atoms with E-state index in [1.165, 1.54) is 88.6 Å². The van der Waals surface area contributed by atoms with E-state index in [9.17, 15) is 0 Å². The Balaban J connectivity index is 2.08. The van der Waals surface area contributed by atoms with Gasteiger partial charge in [0.25, 0.3) is 0 Å². The molecule has 12 bridgehead atoms. The highest BCUT2D eigenvalue weighted by Crippen LogP contribution is 2.40. The molecular weight excluding hydrogens is 519 g/mol. The number of hydrogen-bond acceptors (Lipinski definition) is 0. The molecule has 0 saturated heterocycles. The molecule has 0 radical (unpaired) electrons. The Morgan fingerprint density at radius 2 is 0.537 bits per heavy atom. The number of nitrogens with zero attached hydrogens (tertiary/aromatic N) is 4. The fraction of sp³-hybridized carbons (Fsp3) is 0.444. The molecule has 8 aromatic heterocycles. The zero-order valence-electron chi connectivity index (χ0n) is 26.3. The smallest absolute Gasteiger partial charge is 0.0693 e. The Morgan fingerprint density at radius 1 is 0.341 bits per heavy atom. The van der Waals surface area contributed by atoms with Crippen molar-refractivity contribution < 1.29 is 0 Å². The average molecular weight is 565 g/mol. The van der Waals surface area contributed by atoms with Crippen molar-refractivity contribution in [3.8, 4) is 0 Å². The van der Waals surface area contributed by atoms with Gasteiger partial charge in [-0.05, 0) is 120 Å². The van der Waals surface area contributed by atoms with E-state index in [-0.39, 0.29) is 0 Å². The summed E-state index contributed by atoms with van der Waals surface area (Å²) in [5.41, 5.74) is 23.4. The summed E-state index contributed by atoms with van der Waals surface area (Å²) in [6, 6.07) is 10.3. The van der Waals surface area contributed by atoms with E-state index in [2.05, 4.69) is 97.0 Å². The Hall–Kier alpha value is -3.10. The molecule has 8 rings (SSSR count). The fourth-order valence-electron chi connectivity index (χ4n) is 8.43. The minimum absolute atomic E-state index is 0.495. The van der Waals surface area contributed by atoms with E-state index >= 15 is 0 Å².